The van der Waals surface area contributed by atoms with E-state index < -0.39 is 99.6 Å². The zero-order valence-corrected chi connectivity index (χ0v) is 29.6. The van der Waals surface area contributed by atoms with Crippen LogP contribution >= 0.6 is 11.8 Å². The fraction of sp³-hybridized carbons (Fsp3) is 0.317. The summed E-state index contributed by atoms with van der Waals surface area (Å²) in [7, 11) is 1.36. The number of thioether (sulfide) groups is 1. The molecule has 0 bridgehead atoms. The van der Waals surface area contributed by atoms with E-state index in [1.165, 1.54) is 48.1 Å². The van der Waals surface area contributed by atoms with Gasteiger partial charge in [0, 0.05) is 64.8 Å². The van der Waals surface area contributed by atoms with Gasteiger partial charge in [0.1, 0.15) is 6.50 Å². The highest BCUT2D eigenvalue weighted by molar-refractivity contribution is 7.98. The third-order valence-electron chi connectivity index (χ3n) is 8.85. The van der Waals surface area contributed by atoms with Crippen molar-refractivity contribution in [3.05, 3.63) is 135 Å². The Morgan fingerprint density at radius 1 is 1.00 bits per heavy atom. The number of piperidine rings is 1. The summed E-state index contributed by atoms with van der Waals surface area (Å²) in [6.07, 6.45) is -4.22. The molecular weight excluding hydrogens is 710 g/mol. The number of carbonyl (C=O) groups is 1. The standard InChI is InChI=1S/C41H40F5N3O3S/c1-27-6-15-36-34(22-27)37(50)23-39(53-26-31-4-3-5-35(42)40(31)43)49(36)25-38(51)48(33-16-18-47(19-17-33)20-21-52-2)24-28-7-9-29(10-8-28)30-11-13-32(14-12-30)41(44,45)46/h3-15,22-23,33H,16-21,24-26H2,1-2H3/i6D,15D,20D2,22D,23D,25D2. The third kappa shape index (κ3) is 9.17. The second-order valence-corrected chi connectivity index (χ2v) is 13.4. The van der Waals surface area contributed by atoms with Gasteiger partial charge in [0.05, 0.1) is 30.9 Å². The van der Waals surface area contributed by atoms with Gasteiger partial charge in [-0.2, -0.15) is 13.2 Å². The van der Waals surface area contributed by atoms with E-state index >= 15 is 4.79 Å². The number of rotatable bonds is 12. The smallest absolute Gasteiger partial charge is 0.383 e. The number of aromatic nitrogens is 1. The maximum absolute atomic E-state index is 15.1. The topological polar surface area (TPSA) is 54.8 Å². The van der Waals surface area contributed by atoms with Crippen molar-refractivity contribution in [2.45, 2.75) is 55.8 Å². The summed E-state index contributed by atoms with van der Waals surface area (Å²) in [5, 5.41) is -1.13. The molecule has 6 nitrogen and oxygen atoms in total. The lowest BCUT2D eigenvalue weighted by Gasteiger charge is -2.39. The molecular formula is C41H40F5N3O3S. The summed E-state index contributed by atoms with van der Waals surface area (Å²) < 4.78 is 146. The number of hydrogen-bond acceptors (Lipinski definition) is 5. The Hall–Kier alpha value is -4.52. The zero-order valence-electron chi connectivity index (χ0n) is 36.7. The summed E-state index contributed by atoms with van der Waals surface area (Å²) in [4.78, 5) is 31.7. The van der Waals surface area contributed by atoms with Gasteiger partial charge in [-0.3, -0.25) is 9.59 Å². The Bertz CT molecular complexity index is 2520. The van der Waals surface area contributed by atoms with E-state index in [-0.39, 0.29) is 50.2 Å². The van der Waals surface area contributed by atoms with Crippen molar-refractivity contribution in [1.29, 1.82) is 0 Å². The van der Waals surface area contributed by atoms with Crippen LogP contribution in [0.15, 0.2) is 101 Å². The van der Waals surface area contributed by atoms with E-state index in [1.807, 2.05) is 0 Å². The highest BCUT2D eigenvalue weighted by Gasteiger charge is 2.31. The molecule has 0 atom stereocenters. The first-order valence-corrected chi connectivity index (χ1v) is 17.6. The maximum atomic E-state index is 15.1. The molecule has 0 saturated carbocycles. The molecule has 53 heavy (non-hydrogen) atoms. The van der Waals surface area contributed by atoms with Crippen molar-refractivity contribution in [2.75, 3.05) is 33.3 Å². The molecule has 5 aromatic rings. The predicted molar refractivity (Wildman–Crippen MR) is 198 cm³/mol. The monoisotopic (exact) mass is 757 g/mol. The maximum Gasteiger partial charge on any atom is 0.416 e. The van der Waals surface area contributed by atoms with Crippen LogP contribution in [-0.4, -0.2) is 59.6 Å². The number of carbonyl (C=O) groups excluding carboxylic acids is 1. The van der Waals surface area contributed by atoms with Crippen molar-refractivity contribution in [3.63, 3.8) is 0 Å². The van der Waals surface area contributed by atoms with Crippen LogP contribution in [0.1, 0.15) is 46.1 Å². The van der Waals surface area contributed by atoms with Gasteiger partial charge in [0.25, 0.3) is 0 Å². The molecule has 4 aromatic carbocycles. The van der Waals surface area contributed by atoms with E-state index in [4.69, 9.17) is 13.0 Å². The van der Waals surface area contributed by atoms with Crippen LogP contribution in [-0.2, 0) is 34.5 Å². The zero-order chi connectivity index (χ0) is 44.8. The van der Waals surface area contributed by atoms with Crippen molar-refractivity contribution in [1.82, 2.24) is 14.4 Å². The number of hydrogen-bond donors (Lipinski definition) is 0. The van der Waals surface area contributed by atoms with E-state index in [0.29, 0.717) is 33.0 Å². The first-order chi connectivity index (χ1) is 28.6. The molecule has 0 aliphatic carbocycles. The Balaban J connectivity index is 1.47. The molecule has 1 amide bonds. The molecule has 2 heterocycles. The Kier molecular flexibility index (Phi) is 9.09. The summed E-state index contributed by atoms with van der Waals surface area (Å²) >= 11 is 0.538. The summed E-state index contributed by atoms with van der Waals surface area (Å²) in [6.45, 7) is -4.07. The van der Waals surface area contributed by atoms with E-state index in [9.17, 15) is 29.5 Å². The highest BCUT2D eigenvalue weighted by atomic mass is 32.2. The summed E-state index contributed by atoms with van der Waals surface area (Å²) in [5.41, 5.74) is -1.35. The molecule has 6 rings (SSSR count). The molecule has 278 valence electrons. The molecule has 1 fully saturated rings. The average molecular weight is 758 g/mol. The third-order valence-corrected chi connectivity index (χ3v) is 9.86. The van der Waals surface area contributed by atoms with Crippen LogP contribution in [0.5, 0.6) is 0 Å². The van der Waals surface area contributed by atoms with Crippen LogP contribution in [0.2, 0.25) is 0 Å². The summed E-state index contributed by atoms with van der Waals surface area (Å²) in [6, 6.07) is 11.0. The molecule has 1 aromatic heterocycles. The number of methoxy groups -OCH3 is 1. The van der Waals surface area contributed by atoms with Gasteiger partial charge in [0.2, 0.25) is 5.91 Å². The van der Waals surface area contributed by atoms with Gasteiger partial charge in [-0.05, 0) is 66.7 Å². The Labute approximate surface area is 320 Å². The van der Waals surface area contributed by atoms with Crippen LogP contribution < -0.4 is 5.43 Å². The van der Waals surface area contributed by atoms with Gasteiger partial charge < -0.3 is 19.1 Å². The first kappa shape index (κ1) is 28.9. The van der Waals surface area contributed by atoms with Gasteiger partial charge in [0.15, 0.2) is 17.1 Å². The Morgan fingerprint density at radius 3 is 2.34 bits per heavy atom. The molecule has 0 spiro atoms. The lowest BCUT2D eigenvalue weighted by molar-refractivity contribution is -0.137. The number of ether oxygens (including phenoxy) is 1. The number of halogens is 5. The molecule has 0 unspecified atom stereocenters. The lowest BCUT2D eigenvalue weighted by Crippen LogP contribution is -2.48. The molecule has 1 aliphatic heterocycles. The number of fused-ring (bicyclic) bond motifs is 1. The van der Waals surface area contributed by atoms with E-state index in [0.717, 1.165) is 18.2 Å². The fourth-order valence-corrected chi connectivity index (χ4v) is 6.97. The normalized spacial score (nSPS) is 16.9. The largest absolute Gasteiger partial charge is 0.416 e. The Morgan fingerprint density at radius 2 is 1.68 bits per heavy atom. The second kappa shape index (κ2) is 16.7. The number of alkyl halides is 3. The minimum atomic E-state index is -4.53. The van der Waals surface area contributed by atoms with Crippen molar-refractivity contribution in [2.24, 2.45) is 0 Å². The van der Waals surface area contributed by atoms with Crippen molar-refractivity contribution >= 4 is 28.6 Å². The molecule has 1 saturated heterocycles. The van der Waals surface area contributed by atoms with Gasteiger partial charge >= 0.3 is 6.18 Å². The highest BCUT2D eigenvalue weighted by Crippen LogP contribution is 2.32. The summed E-state index contributed by atoms with van der Waals surface area (Å²) in [5.74, 6) is -4.09. The molecule has 0 radical (unpaired) electrons. The molecule has 0 N–H and O–H groups in total. The fourth-order valence-electron chi connectivity index (χ4n) is 6.02. The first-order valence-electron chi connectivity index (χ1n) is 20.6. The van der Waals surface area contributed by atoms with E-state index in [2.05, 4.69) is 0 Å². The minimum absolute atomic E-state index is 0.101. The van der Waals surface area contributed by atoms with Crippen LogP contribution in [0, 0.1) is 18.6 Å². The minimum Gasteiger partial charge on any atom is -0.383 e. The number of benzene rings is 4. The van der Waals surface area contributed by atoms with Crippen LogP contribution in [0.3, 0.4) is 0 Å². The number of likely N-dealkylation sites (tertiary alicyclic amines) is 1. The quantitative estimate of drug-likeness (QED) is 0.0942. The lowest BCUT2D eigenvalue weighted by atomic mass is 10.00. The average Bonchev–Trinajstić information content (AvgIpc) is 3.22. The molecule has 1 aliphatic rings. The predicted octanol–water partition coefficient (Wildman–Crippen LogP) is 8.71. The molecule has 12 heteroatoms. The van der Waals surface area contributed by atoms with Gasteiger partial charge in [-0.25, -0.2) is 8.78 Å². The SMILES string of the molecule is [2H]c1c(C)c([2H])c2c(=O)c([2H])c(SCc3cccc(F)c3F)n(C([2H])([2H])C(=O)N(Cc3ccc(-c4ccc(C(F)(F)F)cc4)cc3)C3CCN(C([2H])([2H])COC)CC3)c2c1[2H]. The van der Waals surface area contributed by atoms with Crippen LogP contribution in [0.25, 0.3) is 22.0 Å². The number of amides is 1. The number of pyridine rings is 1. The van der Waals surface area contributed by atoms with Crippen molar-refractivity contribution < 1.29 is 42.4 Å². The number of nitrogens with zero attached hydrogens (tertiary/aromatic N) is 3. The van der Waals surface area contributed by atoms with Gasteiger partial charge in [-0.1, -0.05) is 60.1 Å². The van der Waals surface area contributed by atoms with E-state index in [1.54, 1.807) is 24.3 Å². The van der Waals surface area contributed by atoms with Crippen molar-refractivity contribution in [3.8, 4) is 11.1 Å². The van der Waals surface area contributed by atoms with Gasteiger partial charge in [-0.15, -0.1) is 11.8 Å². The van der Waals surface area contributed by atoms with Crippen LogP contribution in [0.4, 0.5) is 22.0 Å². The second-order valence-electron chi connectivity index (χ2n) is 12.4.